The molecule has 1 aliphatic heterocycles. The first kappa shape index (κ1) is 18.2. The molecule has 0 aromatic carbocycles. The first-order valence-electron chi connectivity index (χ1n) is 7.85. The van der Waals surface area contributed by atoms with Crippen LogP contribution >= 0.6 is 0 Å². The van der Waals surface area contributed by atoms with Crippen molar-refractivity contribution in [2.45, 2.75) is 31.8 Å². The van der Waals surface area contributed by atoms with Crippen LogP contribution in [0, 0.1) is 0 Å². The number of likely N-dealkylation sites (N-methyl/N-ethyl adjacent to an activating group) is 1. The Morgan fingerprint density at radius 3 is 2.81 bits per heavy atom. The second-order valence-electron chi connectivity index (χ2n) is 5.90. The lowest BCUT2D eigenvalue weighted by Crippen LogP contribution is -2.46. The van der Waals surface area contributed by atoms with Crippen LogP contribution < -0.4 is 10.6 Å². The monoisotopic (exact) mass is 300 g/mol. The molecule has 124 valence electrons. The Morgan fingerprint density at radius 1 is 1.38 bits per heavy atom. The van der Waals surface area contributed by atoms with Crippen LogP contribution in [-0.4, -0.2) is 77.1 Å². The van der Waals surface area contributed by atoms with Gasteiger partial charge in [-0.25, -0.2) is 0 Å². The molecule has 0 saturated carbocycles. The number of aliphatic imine (C=N–C) groups is 1. The number of hydrogen-bond acceptors (Lipinski definition) is 4. The molecule has 0 aromatic rings. The van der Waals surface area contributed by atoms with E-state index in [1.165, 1.54) is 0 Å². The smallest absolute Gasteiger partial charge is 0.191 e. The van der Waals surface area contributed by atoms with E-state index in [1.807, 2.05) is 0 Å². The molecule has 21 heavy (non-hydrogen) atoms. The Kier molecular flexibility index (Phi) is 8.64. The summed E-state index contributed by atoms with van der Waals surface area (Å²) in [6.45, 7) is 7.55. The molecule has 0 aliphatic carbocycles. The summed E-state index contributed by atoms with van der Waals surface area (Å²) in [5.74, 6) is 0.853. The van der Waals surface area contributed by atoms with Gasteiger partial charge in [-0.3, -0.25) is 4.99 Å². The highest BCUT2D eigenvalue weighted by Gasteiger charge is 2.29. The van der Waals surface area contributed by atoms with E-state index in [9.17, 15) is 0 Å². The number of methoxy groups -OCH3 is 1. The van der Waals surface area contributed by atoms with Gasteiger partial charge in [-0.2, -0.15) is 0 Å². The average Bonchev–Trinajstić information content (AvgIpc) is 2.91. The Balaban J connectivity index is 2.11. The topological polar surface area (TPSA) is 58.1 Å². The third kappa shape index (κ3) is 7.64. The molecule has 0 aromatic heterocycles. The number of ether oxygens (including phenoxy) is 2. The minimum absolute atomic E-state index is 0.0437. The number of nitrogens with zero attached hydrogens (tertiary/aromatic N) is 2. The SMILES string of the molecule is CN=C(NCCCN(C)CCOC)NCC1(C)CCCO1. The predicted octanol–water partition coefficient (Wildman–Crippen LogP) is 0.689. The van der Waals surface area contributed by atoms with E-state index in [-0.39, 0.29) is 5.60 Å². The van der Waals surface area contributed by atoms with Gasteiger partial charge in [-0.05, 0) is 39.8 Å². The highest BCUT2D eigenvalue weighted by atomic mass is 16.5. The number of guanidine groups is 1. The van der Waals surface area contributed by atoms with Gasteiger partial charge in [0.15, 0.2) is 5.96 Å². The van der Waals surface area contributed by atoms with E-state index in [4.69, 9.17) is 9.47 Å². The van der Waals surface area contributed by atoms with Crippen LogP contribution in [0.4, 0.5) is 0 Å². The van der Waals surface area contributed by atoms with Gasteiger partial charge in [0.05, 0.1) is 12.2 Å². The van der Waals surface area contributed by atoms with Crippen molar-refractivity contribution in [2.24, 2.45) is 4.99 Å². The van der Waals surface area contributed by atoms with Crippen molar-refractivity contribution in [1.82, 2.24) is 15.5 Å². The van der Waals surface area contributed by atoms with Crippen LogP contribution in [0.3, 0.4) is 0 Å². The van der Waals surface area contributed by atoms with E-state index >= 15 is 0 Å². The van der Waals surface area contributed by atoms with Gasteiger partial charge in [-0.1, -0.05) is 0 Å². The van der Waals surface area contributed by atoms with E-state index in [0.29, 0.717) is 0 Å². The molecule has 6 nitrogen and oxygen atoms in total. The average molecular weight is 300 g/mol. The van der Waals surface area contributed by atoms with E-state index in [0.717, 1.165) is 64.6 Å². The largest absolute Gasteiger partial charge is 0.383 e. The predicted molar refractivity (Wildman–Crippen MR) is 86.9 cm³/mol. The van der Waals surface area contributed by atoms with Crippen molar-refractivity contribution in [3.63, 3.8) is 0 Å². The lowest BCUT2D eigenvalue weighted by molar-refractivity contribution is 0.0243. The maximum atomic E-state index is 5.77. The first-order chi connectivity index (χ1) is 10.1. The quantitative estimate of drug-likeness (QED) is 0.373. The molecule has 1 unspecified atom stereocenters. The second kappa shape index (κ2) is 9.97. The van der Waals surface area contributed by atoms with Gasteiger partial charge < -0.3 is 25.0 Å². The normalized spacial score (nSPS) is 22.8. The minimum atomic E-state index is -0.0437. The molecule has 6 heteroatoms. The lowest BCUT2D eigenvalue weighted by atomic mass is 10.0. The van der Waals surface area contributed by atoms with Crippen molar-refractivity contribution in [2.75, 3.05) is 60.6 Å². The molecule has 1 saturated heterocycles. The lowest BCUT2D eigenvalue weighted by Gasteiger charge is -2.24. The minimum Gasteiger partial charge on any atom is -0.383 e. The van der Waals surface area contributed by atoms with Crippen molar-refractivity contribution in [1.29, 1.82) is 0 Å². The second-order valence-corrected chi connectivity index (χ2v) is 5.90. The molecule has 1 atom stereocenters. The third-order valence-corrected chi connectivity index (χ3v) is 3.84. The molecule has 0 bridgehead atoms. The molecule has 0 amide bonds. The van der Waals surface area contributed by atoms with Crippen LogP contribution in [0.2, 0.25) is 0 Å². The molecule has 1 fully saturated rings. The van der Waals surface area contributed by atoms with Gasteiger partial charge in [0.1, 0.15) is 0 Å². The zero-order chi connectivity index (χ0) is 15.6. The molecule has 1 rings (SSSR count). The van der Waals surface area contributed by atoms with Crippen LogP contribution in [0.5, 0.6) is 0 Å². The zero-order valence-corrected chi connectivity index (χ0v) is 14.1. The summed E-state index contributed by atoms with van der Waals surface area (Å²) < 4.78 is 10.8. The Bertz CT molecular complexity index is 304. The Labute approximate surface area is 129 Å². The molecule has 0 radical (unpaired) electrons. The molecule has 1 aliphatic rings. The highest BCUT2D eigenvalue weighted by molar-refractivity contribution is 5.79. The maximum absolute atomic E-state index is 5.77. The summed E-state index contributed by atoms with van der Waals surface area (Å²) in [5.41, 5.74) is -0.0437. The van der Waals surface area contributed by atoms with E-state index < -0.39 is 0 Å². The van der Waals surface area contributed by atoms with Crippen LogP contribution in [-0.2, 0) is 9.47 Å². The van der Waals surface area contributed by atoms with E-state index in [2.05, 4.69) is 34.5 Å². The van der Waals surface area contributed by atoms with Crippen LogP contribution in [0.1, 0.15) is 26.2 Å². The fraction of sp³-hybridized carbons (Fsp3) is 0.933. The molecule has 2 N–H and O–H groups in total. The number of rotatable bonds is 9. The standard InChI is InChI=1S/C15H32N4O2/c1-15(7-5-11-21-15)13-18-14(16-2)17-8-6-9-19(3)10-12-20-4/h5-13H2,1-4H3,(H2,16,17,18). The molecular formula is C15H32N4O2. The molecular weight excluding hydrogens is 268 g/mol. The Morgan fingerprint density at radius 2 is 2.19 bits per heavy atom. The fourth-order valence-electron chi connectivity index (χ4n) is 2.38. The summed E-state index contributed by atoms with van der Waals surface area (Å²) in [5, 5.41) is 6.70. The maximum Gasteiger partial charge on any atom is 0.191 e. The van der Waals surface area contributed by atoms with Crippen LogP contribution in [0.25, 0.3) is 0 Å². The summed E-state index contributed by atoms with van der Waals surface area (Å²) in [7, 11) is 5.65. The molecule has 1 heterocycles. The van der Waals surface area contributed by atoms with Crippen LogP contribution in [0.15, 0.2) is 4.99 Å². The molecule has 0 spiro atoms. The van der Waals surface area contributed by atoms with E-state index in [1.54, 1.807) is 14.2 Å². The van der Waals surface area contributed by atoms with Crippen molar-refractivity contribution < 1.29 is 9.47 Å². The van der Waals surface area contributed by atoms with Gasteiger partial charge >= 0.3 is 0 Å². The summed E-state index contributed by atoms with van der Waals surface area (Å²) in [4.78, 5) is 6.52. The van der Waals surface area contributed by atoms with Gasteiger partial charge in [0.2, 0.25) is 0 Å². The fourth-order valence-corrected chi connectivity index (χ4v) is 2.38. The van der Waals surface area contributed by atoms with Crippen molar-refractivity contribution in [3.8, 4) is 0 Å². The first-order valence-corrected chi connectivity index (χ1v) is 7.85. The van der Waals surface area contributed by atoms with Crippen molar-refractivity contribution in [3.05, 3.63) is 0 Å². The Hall–Kier alpha value is -0.850. The number of nitrogens with one attached hydrogen (secondary N) is 2. The highest BCUT2D eigenvalue weighted by Crippen LogP contribution is 2.23. The summed E-state index contributed by atoms with van der Waals surface area (Å²) in [6, 6.07) is 0. The summed E-state index contributed by atoms with van der Waals surface area (Å²) in [6.07, 6.45) is 3.34. The zero-order valence-electron chi connectivity index (χ0n) is 14.1. The van der Waals surface area contributed by atoms with Gasteiger partial charge in [0.25, 0.3) is 0 Å². The summed E-state index contributed by atoms with van der Waals surface area (Å²) >= 11 is 0. The third-order valence-electron chi connectivity index (χ3n) is 3.84. The number of hydrogen-bond donors (Lipinski definition) is 2. The van der Waals surface area contributed by atoms with Crippen molar-refractivity contribution >= 4 is 5.96 Å². The van der Waals surface area contributed by atoms with Gasteiger partial charge in [0, 0.05) is 40.4 Å². The van der Waals surface area contributed by atoms with Gasteiger partial charge in [-0.15, -0.1) is 0 Å².